The lowest BCUT2D eigenvalue weighted by Crippen LogP contribution is -2.25. The molecule has 70 heavy (non-hydrogen) atoms. The minimum Gasteiger partial charge on any atom is -0.457 e. The van der Waals surface area contributed by atoms with Crippen molar-refractivity contribution in [3.8, 4) is 34.1 Å². The second-order valence-electron chi connectivity index (χ2n) is 19.6. The highest BCUT2D eigenvalue weighted by Crippen LogP contribution is 2.48. The van der Waals surface area contributed by atoms with E-state index in [0.29, 0.717) is 50.4 Å². The summed E-state index contributed by atoms with van der Waals surface area (Å²) in [5.41, 5.74) is 4.54. The SMILES string of the molecule is [2H]c1c([2H])c([2H])c(-c2cnc(-n3c4ccc(-n5c6c([2H])c([2H])c([2H])c([2H])c6c6c([2H])c([2H])c([2H])c([2H])c65)cc4c4ccc(Oc5cccc(N6CN(c7cc(C(C)(C)C)cc(C(C)(C)C)c7)c7c6cccc7C([2H])([2H])[2H])c5)cc43)cc2C([2H])([2H])[2H])c([2H])c1[2H]. The van der Waals surface area contributed by atoms with Crippen molar-refractivity contribution in [3.05, 3.63) is 210 Å². The number of nitrogens with zero attached hydrogens (tertiary/aromatic N) is 5. The van der Waals surface area contributed by atoms with Gasteiger partial charge in [-0.3, -0.25) is 4.57 Å². The van der Waals surface area contributed by atoms with Gasteiger partial charge in [-0.2, -0.15) is 0 Å². The van der Waals surface area contributed by atoms with Gasteiger partial charge in [-0.15, -0.1) is 0 Å². The number of hydrogen-bond acceptors (Lipinski definition) is 4. The third-order valence-electron chi connectivity index (χ3n) is 13.1. The molecule has 12 rings (SSSR count). The van der Waals surface area contributed by atoms with Crippen molar-refractivity contribution >= 4 is 66.4 Å². The minimum atomic E-state index is -2.94. The highest BCUT2D eigenvalue weighted by atomic mass is 16.5. The van der Waals surface area contributed by atoms with Crippen molar-refractivity contribution in [2.24, 2.45) is 0 Å². The van der Waals surface area contributed by atoms with Crippen molar-refractivity contribution in [2.45, 2.75) is 66.1 Å². The number of rotatable bonds is 7. The van der Waals surface area contributed by atoms with E-state index in [0.717, 1.165) is 23.0 Å². The molecule has 0 radical (unpaired) electrons. The Hall–Kier alpha value is -8.09. The molecule has 0 spiro atoms. The highest BCUT2D eigenvalue weighted by Gasteiger charge is 2.32. The lowest BCUT2D eigenvalue weighted by molar-refractivity contribution is 0.483. The zero-order valence-electron chi connectivity index (χ0n) is 58.2. The zero-order chi connectivity index (χ0) is 64.4. The fourth-order valence-electron chi connectivity index (χ4n) is 9.50. The van der Waals surface area contributed by atoms with Crippen molar-refractivity contribution in [1.82, 2.24) is 14.1 Å². The molecule has 1 aliphatic heterocycles. The lowest BCUT2D eigenvalue weighted by atomic mass is 9.80. The number of pyridine rings is 1. The third kappa shape index (κ3) is 7.29. The summed E-state index contributed by atoms with van der Waals surface area (Å²) in [7, 11) is 0. The molecule has 11 aromatic rings. The quantitative estimate of drug-likeness (QED) is 0.160. The van der Waals surface area contributed by atoms with Crippen LogP contribution in [0.25, 0.3) is 66.2 Å². The molecule has 0 fully saturated rings. The molecule has 0 saturated carbocycles. The molecule has 0 atom stereocenters. The van der Waals surface area contributed by atoms with Gasteiger partial charge in [0.25, 0.3) is 0 Å². The summed E-state index contributed by atoms with van der Waals surface area (Å²) >= 11 is 0. The Morgan fingerprint density at radius 1 is 0.514 bits per heavy atom. The van der Waals surface area contributed by atoms with E-state index in [1.807, 2.05) is 34.1 Å². The number of fused-ring (bicyclic) bond motifs is 7. The molecule has 8 aromatic carbocycles. The van der Waals surface area contributed by atoms with E-state index < -0.39 is 92.3 Å². The number of aryl methyl sites for hydroxylation is 2. The maximum Gasteiger partial charge on any atom is 0.137 e. The summed E-state index contributed by atoms with van der Waals surface area (Å²) in [6.07, 6.45) is 1.16. The molecule has 0 N–H and O–H groups in total. The molecular weight excluding hydrogens is 855 g/mol. The first-order valence-corrected chi connectivity index (χ1v) is 22.9. The zero-order valence-corrected chi connectivity index (χ0v) is 39.2. The van der Waals surface area contributed by atoms with E-state index in [1.165, 1.54) is 10.6 Å². The molecule has 0 aliphatic carbocycles. The van der Waals surface area contributed by atoms with Gasteiger partial charge in [-0.05, 0) is 131 Å². The molecule has 0 amide bonds. The van der Waals surface area contributed by atoms with Gasteiger partial charge in [0.2, 0.25) is 0 Å². The van der Waals surface area contributed by atoms with Crippen molar-refractivity contribution < 1.29 is 30.8 Å². The second-order valence-corrected chi connectivity index (χ2v) is 19.6. The van der Waals surface area contributed by atoms with Crippen molar-refractivity contribution in [1.29, 1.82) is 0 Å². The molecule has 344 valence electrons. The maximum atomic E-state index is 9.17. The largest absolute Gasteiger partial charge is 0.457 e. The Bertz CT molecular complexity index is 4720. The van der Waals surface area contributed by atoms with Crippen LogP contribution in [0.5, 0.6) is 11.5 Å². The molecule has 0 saturated heterocycles. The molecule has 4 heterocycles. The molecule has 0 unspecified atom stereocenters. The first kappa shape index (κ1) is 27.2. The van der Waals surface area contributed by atoms with E-state index in [-0.39, 0.29) is 73.1 Å². The second kappa shape index (κ2) is 16.3. The predicted molar refractivity (Wildman–Crippen MR) is 294 cm³/mol. The topological polar surface area (TPSA) is 38.5 Å². The van der Waals surface area contributed by atoms with Gasteiger partial charge in [-0.1, -0.05) is 132 Å². The van der Waals surface area contributed by atoms with Crippen molar-refractivity contribution in [2.75, 3.05) is 16.5 Å². The smallest absolute Gasteiger partial charge is 0.137 e. The first-order valence-electron chi connectivity index (χ1n) is 32.4. The van der Waals surface area contributed by atoms with Crippen LogP contribution >= 0.6 is 0 Å². The van der Waals surface area contributed by atoms with Gasteiger partial charge in [0.05, 0.1) is 51.3 Å². The molecular formula is C64H57N5O. The van der Waals surface area contributed by atoms with Crippen LogP contribution in [0.1, 0.15) is 89.8 Å². The maximum absolute atomic E-state index is 9.17. The Labute approximate surface area is 437 Å². The normalized spacial score (nSPS) is 17.3. The van der Waals surface area contributed by atoms with Gasteiger partial charge in [0.15, 0.2) is 0 Å². The third-order valence-corrected chi connectivity index (χ3v) is 13.1. The van der Waals surface area contributed by atoms with Gasteiger partial charge >= 0.3 is 0 Å². The molecule has 6 heteroatoms. The van der Waals surface area contributed by atoms with Crippen LogP contribution in [-0.4, -0.2) is 20.8 Å². The van der Waals surface area contributed by atoms with Crippen LogP contribution in [0.2, 0.25) is 0 Å². The first-order chi connectivity index (χ1) is 41.6. The highest BCUT2D eigenvalue weighted by molar-refractivity contribution is 6.12. The van der Waals surface area contributed by atoms with E-state index >= 15 is 0 Å². The van der Waals surface area contributed by atoms with Crippen LogP contribution < -0.4 is 14.5 Å². The summed E-state index contributed by atoms with van der Waals surface area (Å²) in [4.78, 5) is 8.84. The van der Waals surface area contributed by atoms with Crippen molar-refractivity contribution in [3.63, 3.8) is 0 Å². The van der Waals surface area contributed by atoms with E-state index in [1.54, 1.807) is 59.2 Å². The van der Waals surface area contributed by atoms with E-state index in [9.17, 15) is 2.74 Å². The van der Waals surface area contributed by atoms with Crippen LogP contribution in [0.4, 0.5) is 22.7 Å². The predicted octanol–water partition coefficient (Wildman–Crippen LogP) is 17.2. The Kier molecular flexibility index (Phi) is 6.32. The Morgan fingerprint density at radius 3 is 1.91 bits per heavy atom. The molecule has 3 aromatic heterocycles. The van der Waals surface area contributed by atoms with Crippen LogP contribution in [0.15, 0.2) is 188 Å². The average molecular weight is 931 g/mol. The number of hydrogen-bond donors (Lipinski definition) is 0. The summed E-state index contributed by atoms with van der Waals surface area (Å²) in [6.45, 7) is 7.74. The minimum absolute atomic E-state index is 0.0237. The van der Waals surface area contributed by atoms with Gasteiger partial charge in [-0.25, -0.2) is 4.98 Å². The summed E-state index contributed by atoms with van der Waals surface area (Å²) in [6, 6.07) is 22.9. The van der Waals surface area contributed by atoms with Gasteiger partial charge < -0.3 is 19.1 Å². The van der Waals surface area contributed by atoms with Gasteiger partial charge in [0.1, 0.15) is 24.0 Å². The summed E-state index contributed by atoms with van der Waals surface area (Å²) in [5.74, 6) is 0.701. The Morgan fingerprint density at radius 2 is 1.20 bits per heavy atom. The van der Waals surface area contributed by atoms with E-state index in [4.69, 9.17) is 33.0 Å². The lowest BCUT2D eigenvalue weighted by Gasteiger charge is -2.29. The fourth-order valence-corrected chi connectivity index (χ4v) is 9.50. The fraction of sp³-hybridized carbons (Fsp3) is 0.172. The summed E-state index contributed by atoms with van der Waals surface area (Å²) in [5, 5.41) is 0.757. The van der Waals surface area contributed by atoms with Gasteiger partial charge in [0, 0.05) is 70.7 Å². The number of ether oxygens (including phenoxy) is 1. The van der Waals surface area contributed by atoms with E-state index in [2.05, 4.69) is 59.7 Å². The molecule has 1 aliphatic rings. The van der Waals surface area contributed by atoms with Crippen LogP contribution in [0, 0.1) is 13.7 Å². The number of benzene rings is 8. The van der Waals surface area contributed by atoms with Crippen LogP contribution in [-0.2, 0) is 10.8 Å². The molecule has 0 bridgehead atoms. The number of anilines is 4. The number of aromatic nitrogens is 3. The Balaban J connectivity index is 1.05. The van der Waals surface area contributed by atoms with Crippen LogP contribution in [0.3, 0.4) is 0 Å². The average Bonchev–Trinajstić information content (AvgIpc) is 1.58. The molecule has 6 nitrogen and oxygen atoms in total. The standard InChI is InChI=1S/C64H57N5O/c1-41-18-16-27-59-62(41)67(48-34-44(63(3,4)5)33-45(35-48)64(6,7)8)40-66(59)46-21-17-22-49(36-46)70-50-29-30-53-54-37-47(68-56-25-14-12-23-51(56)52-24-13-15-26-57(52)68)28-31-58(54)69(60(53)38-50)61-32-42(2)55(39-65-61)43-19-10-9-11-20-43/h9-39H,40H2,1-8H3/i1D3,2D3,9D,10D,11D,12D,13D,14D,15D,19D,20D,23D,24D,25D,26D. The summed E-state index contributed by atoms with van der Waals surface area (Å²) < 4.78 is 176. The number of para-hydroxylation sites is 3. The monoisotopic (exact) mass is 931 g/mol.